The van der Waals surface area contributed by atoms with Crippen molar-refractivity contribution in [2.75, 3.05) is 6.54 Å². The van der Waals surface area contributed by atoms with Gasteiger partial charge in [-0.05, 0) is 48.9 Å². The number of hydrogen-bond donors (Lipinski definition) is 1. The molecule has 1 aliphatic rings. The summed E-state index contributed by atoms with van der Waals surface area (Å²) in [5.41, 5.74) is 0.533. The first-order chi connectivity index (χ1) is 15.2. The number of hydrogen-bond acceptors (Lipinski definition) is 7. The van der Waals surface area contributed by atoms with E-state index in [4.69, 9.17) is 22.1 Å². The van der Waals surface area contributed by atoms with Gasteiger partial charge >= 0.3 is 5.97 Å². The Labute approximate surface area is 189 Å². The quantitative estimate of drug-likeness (QED) is 0.447. The van der Waals surface area contributed by atoms with Crippen molar-refractivity contribution in [1.82, 2.24) is 14.3 Å². The summed E-state index contributed by atoms with van der Waals surface area (Å²) >= 11 is 5.98. The predicted octanol–water partition coefficient (Wildman–Crippen LogP) is 3.22. The van der Waals surface area contributed by atoms with Crippen LogP contribution in [0.3, 0.4) is 0 Å². The first kappa shape index (κ1) is 21.7. The molecule has 1 fully saturated rings. The van der Waals surface area contributed by atoms with Crippen LogP contribution in [0.15, 0.2) is 52.3 Å². The number of rotatable bonds is 5. The molecule has 8 nitrogen and oxygen atoms in total. The van der Waals surface area contributed by atoms with Gasteiger partial charge in [-0.15, -0.1) is 0 Å². The highest BCUT2D eigenvalue weighted by molar-refractivity contribution is 8.26. The third-order valence-electron chi connectivity index (χ3n) is 4.52. The van der Waals surface area contributed by atoms with Crippen LogP contribution in [0.2, 0.25) is 0 Å². The molecule has 1 aliphatic heterocycles. The molecule has 162 valence electrons. The number of nitrogens with zero attached hydrogens (tertiary/aromatic N) is 3. The molecule has 1 saturated heterocycles. The molecule has 0 saturated carbocycles. The molecule has 3 heterocycles. The van der Waals surface area contributed by atoms with Gasteiger partial charge in [0, 0.05) is 6.20 Å². The number of carboxylic acid groups (broad SMARTS) is 1. The van der Waals surface area contributed by atoms with Crippen LogP contribution in [0.25, 0.3) is 11.7 Å². The van der Waals surface area contributed by atoms with Crippen molar-refractivity contribution >= 4 is 51.9 Å². The maximum atomic E-state index is 13.3. The Morgan fingerprint density at radius 2 is 2.00 bits per heavy atom. The van der Waals surface area contributed by atoms with Gasteiger partial charge in [-0.3, -0.25) is 23.7 Å². The number of aliphatic carboxylic acids is 1. The molecule has 32 heavy (non-hydrogen) atoms. The van der Waals surface area contributed by atoms with E-state index >= 15 is 0 Å². The second kappa shape index (κ2) is 8.52. The topological polar surface area (TPSA) is 101 Å². The largest absolute Gasteiger partial charge is 0.480 e. The van der Waals surface area contributed by atoms with Crippen LogP contribution >= 0.6 is 24.0 Å². The zero-order valence-electron chi connectivity index (χ0n) is 16.4. The standard InChI is InChI=1S/C21H14FN3O5S2/c1-11-3-2-8-24-17(11)23-18(30-13-6-4-12(22)5-7-13)14(19(24)28)9-15-20(29)25(10-16(26)27)21(31)32-15/h2-9H,10H2,1H3,(H,26,27)/b15-9-. The number of carboxylic acids is 1. The molecule has 0 atom stereocenters. The van der Waals surface area contributed by atoms with Crippen molar-refractivity contribution in [1.29, 1.82) is 0 Å². The van der Waals surface area contributed by atoms with Gasteiger partial charge in [-0.25, -0.2) is 4.39 Å². The van der Waals surface area contributed by atoms with E-state index in [1.165, 1.54) is 40.9 Å². The van der Waals surface area contributed by atoms with Gasteiger partial charge in [0.25, 0.3) is 11.5 Å². The summed E-state index contributed by atoms with van der Waals surface area (Å²) in [7, 11) is 0. The van der Waals surface area contributed by atoms with Gasteiger partial charge in [0.05, 0.1) is 4.91 Å². The van der Waals surface area contributed by atoms with Crippen LogP contribution in [0.1, 0.15) is 11.1 Å². The number of carbonyl (C=O) groups excluding carboxylic acids is 1. The highest BCUT2D eigenvalue weighted by Crippen LogP contribution is 2.34. The number of pyridine rings is 1. The van der Waals surface area contributed by atoms with Crippen molar-refractivity contribution < 1.29 is 23.8 Å². The molecule has 0 aliphatic carbocycles. The van der Waals surface area contributed by atoms with E-state index in [0.717, 1.165) is 16.7 Å². The van der Waals surface area contributed by atoms with Crippen LogP contribution in [0.4, 0.5) is 4.39 Å². The smallest absolute Gasteiger partial charge is 0.323 e. The van der Waals surface area contributed by atoms with Crippen LogP contribution in [0, 0.1) is 12.7 Å². The van der Waals surface area contributed by atoms with Crippen molar-refractivity contribution in [2.24, 2.45) is 0 Å². The molecule has 2 aromatic heterocycles. The number of ether oxygens (including phenoxy) is 1. The first-order valence-corrected chi connectivity index (χ1v) is 10.4. The zero-order valence-corrected chi connectivity index (χ0v) is 18.1. The summed E-state index contributed by atoms with van der Waals surface area (Å²) in [6.45, 7) is 1.19. The fourth-order valence-corrected chi connectivity index (χ4v) is 4.25. The van der Waals surface area contributed by atoms with Crippen LogP contribution in [-0.2, 0) is 9.59 Å². The van der Waals surface area contributed by atoms with Crippen LogP contribution in [0.5, 0.6) is 11.6 Å². The van der Waals surface area contributed by atoms with Gasteiger partial charge in [-0.2, -0.15) is 4.98 Å². The molecule has 1 aromatic carbocycles. The number of halogens is 1. The Balaban J connectivity index is 1.86. The molecule has 1 amide bonds. The Kier molecular flexibility index (Phi) is 5.76. The molecular formula is C21H14FN3O5S2. The van der Waals surface area contributed by atoms with Crippen LogP contribution in [-0.4, -0.2) is 42.1 Å². The highest BCUT2D eigenvalue weighted by atomic mass is 32.2. The summed E-state index contributed by atoms with van der Waals surface area (Å²) in [5.74, 6) is -2.15. The highest BCUT2D eigenvalue weighted by Gasteiger charge is 2.34. The molecule has 0 unspecified atom stereocenters. The first-order valence-electron chi connectivity index (χ1n) is 9.17. The van der Waals surface area contributed by atoms with Crippen molar-refractivity contribution in [3.8, 4) is 11.6 Å². The van der Waals surface area contributed by atoms with Gasteiger partial charge in [0.15, 0.2) is 0 Å². The van der Waals surface area contributed by atoms with E-state index < -0.39 is 29.8 Å². The average molecular weight is 471 g/mol. The lowest BCUT2D eigenvalue weighted by molar-refractivity contribution is -0.140. The van der Waals surface area contributed by atoms with Gasteiger partial charge in [0.1, 0.15) is 33.6 Å². The molecule has 1 N–H and O–H groups in total. The average Bonchev–Trinajstić information content (AvgIpc) is 3.00. The van der Waals surface area contributed by atoms with E-state index in [2.05, 4.69) is 4.98 Å². The monoisotopic (exact) mass is 471 g/mol. The molecule has 11 heteroatoms. The van der Waals surface area contributed by atoms with E-state index in [1.807, 2.05) is 0 Å². The summed E-state index contributed by atoms with van der Waals surface area (Å²) in [4.78, 5) is 42.4. The number of carbonyl (C=O) groups is 2. The zero-order chi connectivity index (χ0) is 23.0. The van der Waals surface area contributed by atoms with E-state index in [1.54, 1.807) is 19.1 Å². The number of benzene rings is 1. The maximum absolute atomic E-state index is 13.3. The number of aryl methyl sites for hydroxylation is 1. The van der Waals surface area contributed by atoms with Crippen molar-refractivity contribution in [2.45, 2.75) is 6.92 Å². The third-order valence-corrected chi connectivity index (χ3v) is 5.90. The summed E-state index contributed by atoms with van der Waals surface area (Å²) in [5, 5.41) is 9.01. The van der Waals surface area contributed by atoms with Crippen LogP contribution < -0.4 is 10.3 Å². The lowest BCUT2D eigenvalue weighted by atomic mass is 10.2. The number of aromatic nitrogens is 2. The van der Waals surface area contributed by atoms with Crippen molar-refractivity contribution in [3.63, 3.8) is 0 Å². The fourth-order valence-electron chi connectivity index (χ4n) is 3.01. The maximum Gasteiger partial charge on any atom is 0.323 e. The third kappa shape index (κ3) is 4.12. The lowest BCUT2D eigenvalue weighted by Gasteiger charge is -2.12. The summed E-state index contributed by atoms with van der Waals surface area (Å²) < 4.78 is 20.4. The molecule has 0 bridgehead atoms. The van der Waals surface area contributed by atoms with E-state index in [0.29, 0.717) is 11.2 Å². The van der Waals surface area contributed by atoms with Gasteiger partial charge < -0.3 is 9.84 Å². The van der Waals surface area contributed by atoms with E-state index in [-0.39, 0.29) is 26.4 Å². The Morgan fingerprint density at radius 3 is 2.69 bits per heavy atom. The number of fused-ring (bicyclic) bond motifs is 1. The minimum absolute atomic E-state index is 0.0340. The Morgan fingerprint density at radius 1 is 1.28 bits per heavy atom. The number of thioether (sulfide) groups is 1. The second-order valence-corrected chi connectivity index (χ2v) is 8.41. The van der Waals surface area contributed by atoms with Crippen molar-refractivity contribution in [3.05, 3.63) is 74.8 Å². The molecule has 0 radical (unpaired) electrons. The normalized spacial score (nSPS) is 15.1. The number of thiocarbonyl (C=S) groups is 1. The Hall–Kier alpha value is -3.57. The number of amides is 1. The lowest BCUT2D eigenvalue weighted by Crippen LogP contribution is -2.33. The molecule has 4 rings (SSSR count). The minimum Gasteiger partial charge on any atom is -0.480 e. The molecule has 3 aromatic rings. The SMILES string of the molecule is Cc1cccn2c(=O)c(/C=C3\SC(=S)N(CC(=O)O)C3=O)c(Oc3ccc(F)cc3)nc12. The second-order valence-electron chi connectivity index (χ2n) is 6.74. The minimum atomic E-state index is -1.22. The van der Waals surface area contributed by atoms with Gasteiger partial charge in [0.2, 0.25) is 5.88 Å². The molecule has 0 spiro atoms. The fraction of sp³-hybridized carbons (Fsp3) is 0.0952. The molecular weight excluding hydrogens is 457 g/mol. The van der Waals surface area contributed by atoms with E-state index in [9.17, 15) is 18.8 Å². The Bertz CT molecular complexity index is 1370. The summed E-state index contributed by atoms with van der Waals surface area (Å²) in [6, 6.07) is 8.62. The van der Waals surface area contributed by atoms with Gasteiger partial charge in [-0.1, -0.05) is 30.0 Å². The predicted molar refractivity (Wildman–Crippen MR) is 120 cm³/mol. The summed E-state index contributed by atoms with van der Waals surface area (Å²) in [6.07, 6.45) is 2.82.